The summed E-state index contributed by atoms with van der Waals surface area (Å²) in [6.45, 7) is 11.3. The first-order valence-corrected chi connectivity index (χ1v) is 12.5. The van der Waals surface area contributed by atoms with Crippen molar-refractivity contribution in [2.24, 2.45) is 5.41 Å². The van der Waals surface area contributed by atoms with Crippen LogP contribution in [-0.2, 0) is 4.79 Å². The van der Waals surface area contributed by atoms with Crippen molar-refractivity contribution in [3.63, 3.8) is 0 Å². The molecule has 4 aromatic rings. The number of aryl methyl sites for hydroxylation is 2. The molecule has 4 rings (SSSR count). The van der Waals surface area contributed by atoms with Crippen LogP contribution in [-0.4, -0.2) is 49.5 Å². The van der Waals surface area contributed by atoms with Crippen LogP contribution in [0.3, 0.4) is 0 Å². The minimum Gasteiger partial charge on any atom is -0.465 e. The largest absolute Gasteiger partial charge is 0.465 e. The van der Waals surface area contributed by atoms with Crippen molar-refractivity contribution in [1.29, 1.82) is 0 Å². The van der Waals surface area contributed by atoms with Gasteiger partial charge < -0.3 is 14.8 Å². The number of nitrogens with one attached hydrogen (secondary N) is 1. The molecule has 200 valence electrons. The van der Waals surface area contributed by atoms with Gasteiger partial charge in [0.25, 0.3) is 0 Å². The second-order valence-electron chi connectivity index (χ2n) is 10.6. The van der Waals surface area contributed by atoms with Gasteiger partial charge in [0, 0.05) is 23.2 Å². The zero-order valence-corrected chi connectivity index (χ0v) is 22.9. The van der Waals surface area contributed by atoms with E-state index < -0.39 is 18.0 Å². The van der Waals surface area contributed by atoms with Crippen LogP contribution in [0.2, 0.25) is 0 Å². The van der Waals surface area contributed by atoms with Crippen molar-refractivity contribution in [3.8, 4) is 23.1 Å². The third-order valence-electron chi connectivity index (χ3n) is 6.16. The molecule has 3 aromatic heterocycles. The molecule has 0 radical (unpaired) electrons. The Bertz CT molecular complexity index is 1590. The van der Waals surface area contributed by atoms with Crippen molar-refractivity contribution in [2.45, 2.75) is 47.6 Å². The molecule has 1 unspecified atom stereocenters. The molecule has 0 fully saturated rings. The molecular formula is C30H31N5O4. The lowest BCUT2D eigenvalue weighted by molar-refractivity contribution is -0.120. The van der Waals surface area contributed by atoms with Gasteiger partial charge in [-0.15, -0.1) is 0 Å². The van der Waals surface area contributed by atoms with E-state index in [4.69, 9.17) is 4.42 Å². The van der Waals surface area contributed by atoms with Gasteiger partial charge in [-0.3, -0.25) is 9.69 Å². The van der Waals surface area contributed by atoms with Crippen LogP contribution in [0.25, 0.3) is 22.4 Å². The number of nitrogens with zero attached hydrogens (tertiary/aromatic N) is 4. The van der Waals surface area contributed by atoms with E-state index >= 15 is 0 Å². The Hall–Kier alpha value is -4.71. The number of furan rings is 1. The number of carboxylic acid groups (broad SMARTS) is 1. The van der Waals surface area contributed by atoms with Gasteiger partial charge in [0.2, 0.25) is 11.6 Å². The minimum absolute atomic E-state index is 0.191. The fraction of sp³-hybridized carbons (Fsp3) is 0.300. The number of carbonyl (C=O) groups is 2. The quantitative estimate of drug-likeness (QED) is 0.323. The monoisotopic (exact) mass is 525 g/mol. The van der Waals surface area contributed by atoms with Gasteiger partial charge in [-0.2, -0.15) is 0 Å². The highest BCUT2D eigenvalue weighted by Gasteiger charge is 2.30. The average Bonchev–Trinajstić information content (AvgIpc) is 3.18. The maximum Gasteiger partial charge on any atom is 0.407 e. The first-order valence-electron chi connectivity index (χ1n) is 12.5. The van der Waals surface area contributed by atoms with Gasteiger partial charge in [-0.1, -0.05) is 44.9 Å². The fourth-order valence-electron chi connectivity index (χ4n) is 4.11. The van der Waals surface area contributed by atoms with Gasteiger partial charge in [-0.05, 0) is 56.4 Å². The van der Waals surface area contributed by atoms with E-state index in [1.54, 1.807) is 19.1 Å². The molecule has 0 aliphatic carbocycles. The number of pyridine rings is 1. The average molecular weight is 526 g/mol. The Morgan fingerprint density at radius 3 is 2.49 bits per heavy atom. The Labute approximate surface area is 227 Å². The fourth-order valence-corrected chi connectivity index (χ4v) is 4.11. The second-order valence-corrected chi connectivity index (χ2v) is 10.6. The molecule has 9 heteroatoms. The number of carbonyl (C=O) groups excluding carboxylic acids is 1. The van der Waals surface area contributed by atoms with E-state index in [2.05, 4.69) is 32.1 Å². The number of hydrogen-bond donors (Lipinski definition) is 2. The molecule has 39 heavy (non-hydrogen) atoms. The molecule has 0 saturated heterocycles. The Kier molecular flexibility index (Phi) is 7.68. The number of hydrogen-bond acceptors (Lipinski definition) is 6. The summed E-state index contributed by atoms with van der Waals surface area (Å²) in [5.41, 5.74) is 3.54. The van der Waals surface area contributed by atoms with E-state index in [9.17, 15) is 14.7 Å². The van der Waals surface area contributed by atoms with Gasteiger partial charge in [0.05, 0.1) is 11.1 Å². The van der Waals surface area contributed by atoms with Crippen LogP contribution in [0.4, 0.5) is 10.6 Å². The first kappa shape index (κ1) is 27.3. The highest BCUT2D eigenvalue weighted by Crippen LogP contribution is 2.32. The van der Waals surface area contributed by atoms with Crippen LogP contribution in [0.5, 0.6) is 0 Å². The molecular weight excluding hydrogens is 494 g/mol. The zero-order chi connectivity index (χ0) is 28.3. The maximum atomic E-state index is 13.2. The predicted molar refractivity (Wildman–Crippen MR) is 149 cm³/mol. The number of benzene rings is 1. The van der Waals surface area contributed by atoms with E-state index in [0.717, 1.165) is 27.2 Å². The van der Waals surface area contributed by atoms with Crippen molar-refractivity contribution >= 4 is 28.9 Å². The van der Waals surface area contributed by atoms with Crippen molar-refractivity contribution in [1.82, 2.24) is 19.9 Å². The third kappa shape index (κ3) is 6.41. The standard InChI is InChI=1S/C30H31N5O4/c1-18-20(3)39-28-25(18)26(31-17-32-28)22-14-23(13-12-21-10-8-7-9-11-21)33-24(15-22)34-27(36)19(2)35(29(37)38)16-30(4,5)6/h7-11,14-15,17,19H,16H2,1-6H3,(H,37,38)(H,33,34,36). The van der Waals surface area contributed by atoms with E-state index in [-0.39, 0.29) is 17.8 Å². The maximum absolute atomic E-state index is 13.2. The summed E-state index contributed by atoms with van der Waals surface area (Å²) >= 11 is 0. The molecule has 1 atom stereocenters. The molecule has 0 aliphatic rings. The minimum atomic E-state index is -1.17. The topological polar surface area (TPSA) is 121 Å². The lowest BCUT2D eigenvalue weighted by Gasteiger charge is -2.31. The summed E-state index contributed by atoms with van der Waals surface area (Å²) in [7, 11) is 0. The lowest BCUT2D eigenvalue weighted by Crippen LogP contribution is -2.48. The predicted octanol–water partition coefficient (Wildman–Crippen LogP) is 5.65. The molecule has 0 saturated carbocycles. The second kappa shape index (κ2) is 11.0. The number of aromatic nitrogens is 3. The molecule has 0 aliphatic heterocycles. The Balaban J connectivity index is 1.77. The summed E-state index contributed by atoms with van der Waals surface area (Å²) in [6.07, 6.45) is 0.255. The smallest absolute Gasteiger partial charge is 0.407 e. The SMILES string of the molecule is Cc1oc2ncnc(-c3cc(C#Cc4ccccc4)nc(NC(=O)C(C)N(CC(C)(C)C)C(=O)O)c3)c2c1C. The third-order valence-corrected chi connectivity index (χ3v) is 6.16. The lowest BCUT2D eigenvalue weighted by atomic mass is 9.95. The van der Waals surface area contributed by atoms with Crippen molar-refractivity contribution in [3.05, 3.63) is 71.4 Å². The summed E-state index contributed by atoms with van der Waals surface area (Å²) in [5, 5.41) is 13.3. The van der Waals surface area contributed by atoms with E-state index in [1.807, 2.05) is 65.0 Å². The van der Waals surface area contributed by atoms with Crippen LogP contribution < -0.4 is 5.32 Å². The Morgan fingerprint density at radius 2 is 1.82 bits per heavy atom. The van der Waals surface area contributed by atoms with E-state index in [1.165, 1.54) is 6.33 Å². The van der Waals surface area contributed by atoms with Crippen LogP contribution in [0, 0.1) is 31.1 Å². The number of rotatable bonds is 5. The molecule has 1 aromatic carbocycles. The molecule has 2 N–H and O–H groups in total. The Morgan fingerprint density at radius 1 is 1.10 bits per heavy atom. The normalized spacial score (nSPS) is 11.9. The van der Waals surface area contributed by atoms with Gasteiger partial charge in [-0.25, -0.2) is 19.7 Å². The zero-order valence-electron chi connectivity index (χ0n) is 22.9. The number of fused-ring (bicyclic) bond motifs is 1. The summed E-state index contributed by atoms with van der Waals surface area (Å²) in [4.78, 5) is 39.6. The van der Waals surface area contributed by atoms with Crippen LogP contribution >= 0.6 is 0 Å². The van der Waals surface area contributed by atoms with E-state index in [0.29, 0.717) is 22.7 Å². The molecule has 3 heterocycles. The highest BCUT2D eigenvalue weighted by molar-refractivity contribution is 5.97. The van der Waals surface area contributed by atoms with Crippen molar-refractivity contribution < 1.29 is 19.1 Å². The van der Waals surface area contributed by atoms with Crippen LogP contribution in [0.1, 0.15) is 50.3 Å². The highest BCUT2D eigenvalue weighted by atomic mass is 16.4. The van der Waals surface area contributed by atoms with Crippen molar-refractivity contribution in [2.75, 3.05) is 11.9 Å². The molecule has 2 amide bonds. The van der Waals surface area contributed by atoms with Crippen LogP contribution in [0.15, 0.2) is 53.2 Å². The molecule has 0 spiro atoms. The van der Waals surface area contributed by atoms with Gasteiger partial charge in [0.1, 0.15) is 29.6 Å². The summed E-state index contributed by atoms with van der Waals surface area (Å²) in [5.74, 6) is 6.62. The van der Waals surface area contributed by atoms with Gasteiger partial charge >= 0.3 is 6.09 Å². The summed E-state index contributed by atoms with van der Waals surface area (Å²) in [6, 6.07) is 12.0. The summed E-state index contributed by atoms with van der Waals surface area (Å²) < 4.78 is 5.79. The molecule has 0 bridgehead atoms. The number of anilines is 1. The molecule has 9 nitrogen and oxygen atoms in total. The van der Waals surface area contributed by atoms with Gasteiger partial charge in [0.15, 0.2) is 0 Å². The first-order chi connectivity index (χ1) is 18.4. The number of amides is 2.